The molecule has 4 nitrogen and oxygen atoms in total. The van der Waals surface area contributed by atoms with E-state index in [1.54, 1.807) is 38.3 Å². The number of hydrogen-bond donors (Lipinski definition) is 0. The van der Waals surface area contributed by atoms with Gasteiger partial charge in [-0.25, -0.2) is 0 Å². The Bertz CT molecular complexity index is 707. The molecule has 0 bridgehead atoms. The summed E-state index contributed by atoms with van der Waals surface area (Å²) in [7, 11) is 1.59. The normalized spacial score (nSPS) is 10.0. The lowest BCUT2D eigenvalue weighted by Crippen LogP contribution is -2.24. The number of pyridine rings is 1. The van der Waals surface area contributed by atoms with Gasteiger partial charge in [-0.3, -0.25) is 9.36 Å². The number of hydrogen-bond acceptors (Lipinski definition) is 3. The molecule has 1 aromatic heterocycles. The van der Waals surface area contributed by atoms with Gasteiger partial charge in [-0.1, -0.05) is 0 Å². The zero-order valence-electron chi connectivity index (χ0n) is 11.1. The van der Waals surface area contributed by atoms with Crippen molar-refractivity contribution in [1.29, 1.82) is 5.26 Å². The Morgan fingerprint density at radius 1 is 1.21 bits per heavy atom. The minimum Gasteiger partial charge on any atom is -0.497 e. The summed E-state index contributed by atoms with van der Waals surface area (Å²) in [4.78, 5) is 12.3. The minimum absolute atomic E-state index is 0.182. The molecule has 0 radical (unpaired) electrons. The van der Waals surface area contributed by atoms with Gasteiger partial charge in [-0.2, -0.15) is 5.26 Å². The van der Waals surface area contributed by atoms with Gasteiger partial charge in [-0.05, 0) is 49.7 Å². The Morgan fingerprint density at radius 3 is 2.37 bits per heavy atom. The molecule has 0 unspecified atom stereocenters. The number of aromatic nitrogens is 1. The standard InChI is InChI=1S/C15H14N2O2/c1-10-8-11(2)17(15(18)14(10)9-16)12-4-6-13(19-3)7-5-12/h4-8H,1-3H3. The Labute approximate surface area is 111 Å². The first-order valence-corrected chi connectivity index (χ1v) is 5.86. The van der Waals surface area contributed by atoms with E-state index < -0.39 is 0 Å². The minimum atomic E-state index is -0.287. The van der Waals surface area contributed by atoms with Crippen LogP contribution in [0.3, 0.4) is 0 Å². The lowest BCUT2D eigenvalue weighted by atomic mass is 10.1. The van der Waals surface area contributed by atoms with Crippen molar-refractivity contribution in [2.24, 2.45) is 0 Å². The van der Waals surface area contributed by atoms with Crippen molar-refractivity contribution in [3.8, 4) is 17.5 Å². The van der Waals surface area contributed by atoms with Crippen LogP contribution in [0.5, 0.6) is 5.75 Å². The molecule has 2 aromatic rings. The van der Waals surface area contributed by atoms with Crippen molar-refractivity contribution in [2.45, 2.75) is 13.8 Å². The number of nitriles is 1. The second kappa shape index (κ2) is 4.99. The molecule has 0 saturated carbocycles. The van der Waals surface area contributed by atoms with Crippen molar-refractivity contribution in [2.75, 3.05) is 7.11 Å². The summed E-state index contributed by atoms with van der Waals surface area (Å²) in [5.41, 5.74) is 2.12. The molecule has 96 valence electrons. The number of rotatable bonds is 2. The first-order valence-electron chi connectivity index (χ1n) is 5.86. The van der Waals surface area contributed by atoms with E-state index in [1.165, 1.54) is 4.57 Å². The van der Waals surface area contributed by atoms with E-state index in [2.05, 4.69) is 0 Å². The smallest absolute Gasteiger partial charge is 0.273 e. The van der Waals surface area contributed by atoms with Crippen LogP contribution in [0.15, 0.2) is 35.1 Å². The maximum atomic E-state index is 12.3. The number of aryl methyl sites for hydroxylation is 2. The third-order valence-corrected chi connectivity index (χ3v) is 3.03. The van der Waals surface area contributed by atoms with Crippen molar-refractivity contribution in [1.82, 2.24) is 4.57 Å². The Kier molecular flexibility index (Phi) is 3.39. The van der Waals surface area contributed by atoms with Crippen LogP contribution in [0, 0.1) is 25.2 Å². The molecule has 0 saturated heterocycles. The highest BCUT2D eigenvalue weighted by molar-refractivity contribution is 5.44. The average molecular weight is 254 g/mol. The molecule has 0 spiro atoms. The quantitative estimate of drug-likeness (QED) is 0.826. The monoisotopic (exact) mass is 254 g/mol. The van der Waals surface area contributed by atoms with Crippen LogP contribution >= 0.6 is 0 Å². The van der Waals surface area contributed by atoms with E-state index in [1.807, 2.05) is 19.1 Å². The van der Waals surface area contributed by atoms with E-state index in [-0.39, 0.29) is 11.1 Å². The Balaban J connectivity index is 2.68. The maximum absolute atomic E-state index is 12.3. The van der Waals surface area contributed by atoms with Gasteiger partial charge in [0.2, 0.25) is 0 Å². The van der Waals surface area contributed by atoms with Crippen molar-refractivity contribution in [3.63, 3.8) is 0 Å². The average Bonchev–Trinajstić information content (AvgIpc) is 2.39. The summed E-state index contributed by atoms with van der Waals surface area (Å²) in [6.45, 7) is 3.62. The van der Waals surface area contributed by atoms with Gasteiger partial charge < -0.3 is 4.74 Å². The maximum Gasteiger partial charge on any atom is 0.273 e. The molecule has 0 fully saturated rings. The van der Waals surface area contributed by atoms with Crippen LogP contribution in [-0.4, -0.2) is 11.7 Å². The lowest BCUT2D eigenvalue weighted by Gasteiger charge is -2.12. The van der Waals surface area contributed by atoms with Gasteiger partial charge in [0.1, 0.15) is 17.4 Å². The summed E-state index contributed by atoms with van der Waals surface area (Å²) < 4.78 is 6.62. The summed E-state index contributed by atoms with van der Waals surface area (Å²) in [6.07, 6.45) is 0. The van der Waals surface area contributed by atoms with Gasteiger partial charge in [0.05, 0.1) is 7.11 Å². The molecular formula is C15H14N2O2. The summed E-state index contributed by atoms with van der Waals surface area (Å²) >= 11 is 0. The highest BCUT2D eigenvalue weighted by atomic mass is 16.5. The van der Waals surface area contributed by atoms with Crippen molar-refractivity contribution >= 4 is 0 Å². The third-order valence-electron chi connectivity index (χ3n) is 3.03. The topological polar surface area (TPSA) is 55.0 Å². The number of methoxy groups -OCH3 is 1. The number of benzene rings is 1. The number of nitrogens with zero attached hydrogens (tertiary/aromatic N) is 2. The van der Waals surface area contributed by atoms with Crippen LogP contribution in [0.2, 0.25) is 0 Å². The fourth-order valence-corrected chi connectivity index (χ4v) is 2.08. The summed E-state index contributed by atoms with van der Waals surface area (Å²) in [6, 6.07) is 11.0. The molecule has 1 heterocycles. The first kappa shape index (κ1) is 12.9. The lowest BCUT2D eigenvalue weighted by molar-refractivity contribution is 0.414. The zero-order valence-corrected chi connectivity index (χ0v) is 11.1. The molecule has 4 heteroatoms. The predicted molar refractivity (Wildman–Crippen MR) is 72.8 cm³/mol. The first-order chi connectivity index (χ1) is 9.08. The molecule has 0 aliphatic carbocycles. The third kappa shape index (κ3) is 2.23. The van der Waals surface area contributed by atoms with E-state index in [0.717, 1.165) is 17.1 Å². The second-order valence-electron chi connectivity index (χ2n) is 4.29. The van der Waals surface area contributed by atoms with Gasteiger partial charge in [0.15, 0.2) is 0 Å². The van der Waals surface area contributed by atoms with Crippen LogP contribution in [-0.2, 0) is 0 Å². The summed E-state index contributed by atoms with van der Waals surface area (Å²) in [5, 5.41) is 9.06. The SMILES string of the molecule is COc1ccc(-n2c(C)cc(C)c(C#N)c2=O)cc1. The Hall–Kier alpha value is -2.54. The van der Waals surface area contributed by atoms with Crippen LogP contribution < -0.4 is 10.3 Å². The zero-order chi connectivity index (χ0) is 14.0. The van der Waals surface area contributed by atoms with Crippen molar-refractivity contribution < 1.29 is 4.74 Å². The molecule has 0 aliphatic rings. The number of ether oxygens (including phenoxy) is 1. The van der Waals surface area contributed by atoms with E-state index in [4.69, 9.17) is 10.00 Å². The van der Waals surface area contributed by atoms with Gasteiger partial charge in [0.25, 0.3) is 5.56 Å². The molecule has 2 rings (SSSR count). The van der Waals surface area contributed by atoms with Crippen LogP contribution in [0.4, 0.5) is 0 Å². The van der Waals surface area contributed by atoms with Gasteiger partial charge in [0, 0.05) is 11.4 Å². The fraction of sp³-hybridized carbons (Fsp3) is 0.200. The molecule has 19 heavy (non-hydrogen) atoms. The van der Waals surface area contributed by atoms with Crippen LogP contribution in [0.25, 0.3) is 5.69 Å². The molecular weight excluding hydrogens is 240 g/mol. The van der Waals surface area contributed by atoms with E-state index in [9.17, 15) is 4.79 Å². The molecule has 0 atom stereocenters. The Morgan fingerprint density at radius 2 is 1.84 bits per heavy atom. The van der Waals surface area contributed by atoms with Crippen molar-refractivity contribution in [3.05, 3.63) is 57.5 Å². The fourth-order valence-electron chi connectivity index (χ4n) is 2.08. The van der Waals surface area contributed by atoms with Gasteiger partial charge in [-0.15, -0.1) is 0 Å². The molecule has 0 aliphatic heterocycles. The van der Waals surface area contributed by atoms with E-state index in [0.29, 0.717) is 5.56 Å². The van der Waals surface area contributed by atoms with E-state index >= 15 is 0 Å². The molecule has 0 N–H and O–H groups in total. The highest BCUT2D eigenvalue weighted by Gasteiger charge is 2.11. The predicted octanol–water partition coefficient (Wildman–Crippen LogP) is 2.33. The van der Waals surface area contributed by atoms with Gasteiger partial charge >= 0.3 is 0 Å². The molecule has 0 amide bonds. The van der Waals surface area contributed by atoms with Crippen LogP contribution in [0.1, 0.15) is 16.8 Å². The largest absolute Gasteiger partial charge is 0.497 e. The summed E-state index contributed by atoms with van der Waals surface area (Å²) in [5.74, 6) is 0.724. The molecule has 1 aromatic carbocycles. The highest BCUT2D eigenvalue weighted by Crippen LogP contribution is 2.16. The second-order valence-corrected chi connectivity index (χ2v) is 4.29.